The van der Waals surface area contributed by atoms with Crippen LogP contribution in [0.25, 0.3) is 0 Å². The van der Waals surface area contributed by atoms with E-state index in [4.69, 9.17) is 4.74 Å². The highest BCUT2D eigenvalue weighted by molar-refractivity contribution is 5.83. The molecule has 1 rings (SSSR count). The first-order chi connectivity index (χ1) is 9.28. The molecule has 1 aromatic carbocycles. The SMILES string of the molecule is CC(C)(C)OC(=O)NCC(=O)NNc1ccccc1F. The number of nitrogens with one attached hydrogen (secondary N) is 3. The molecule has 0 bridgehead atoms. The molecule has 0 spiro atoms. The lowest BCUT2D eigenvalue weighted by atomic mass is 10.2. The van der Waals surface area contributed by atoms with Crippen molar-refractivity contribution >= 4 is 17.7 Å². The normalized spacial score (nSPS) is 10.6. The van der Waals surface area contributed by atoms with Gasteiger partial charge in [0.1, 0.15) is 18.0 Å². The number of alkyl carbamates (subject to hydrolysis) is 1. The summed E-state index contributed by atoms with van der Waals surface area (Å²) in [6.45, 7) is 4.86. The molecule has 0 heterocycles. The van der Waals surface area contributed by atoms with E-state index in [1.165, 1.54) is 18.2 Å². The van der Waals surface area contributed by atoms with Crippen LogP contribution < -0.4 is 16.2 Å². The average molecular weight is 283 g/mol. The first-order valence-corrected chi connectivity index (χ1v) is 6.04. The van der Waals surface area contributed by atoms with Crippen LogP contribution in [0.15, 0.2) is 24.3 Å². The number of benzene rings is 1. The van der Waals surface area contributed by atoms with Gasteiger partial charge < -0.3 is 10.1 Å². The van der Waals surface area contributed by atoms with Gasteiger partial charge in [-0.2, -0.15) is 0 Å². The molecular weight excluding hydrogens is 265 g/mol. The molecule has 1 aromatic rings. The second kappa shape index (κ2) is 6.74. The molecule has 0 aliphatic rings. The summed E-state index contributed by atoms with van der Waals surface area (Å²) >= 11 is 0. The summed E-state index contributed by atoms with van der Waals surface area (Å²) in [4.78, 5) is 22.7. The predicted molar refractivity (Wildman–Crippen MR) is 72.4 cm³/mol. The Hall–Kier alpha value is -2.31. The summed E-state index contributed by atoms with van der Waals surface area (Å²) in [5.74, 6) is -1.02. The van der Waals surface area contributed by atoms with E-state index in [2.05, 4.69) is 16.2 Å². The Morgan fingerprint density at radius 3 is 2.50 bits per heavy atom. The van der Waals surface area contributed by atoms with E-state index in [1.54, 1.807) is 26.8 Å². The van der Waals surface area contributed by atoms with Crippen molar-refractivity contribution in [1.82, 2.24) is 10.7 Å². The van der Waals surface area contributed by atoms with Crippen LogP contribution in [-0.4, -0.2) is 24.1 Å². The van der Waals surface area contributed by atoms with E-state index in [-0.39, 0.29) is 12.2 Å². The smallest absolute Gasteiger partial charge is 0.408 e. The minimum absolute atomic E-state index is 0.137. The van der Waals surface area contributed by atoms with Crippen LogP contribution in [0.4, 0.5) is 14.9 Å². The molecule has 3 N–H and O–H groups in total. The van der Waals surface area contributed by atoms with Gasteiger partial charge >= 0.3 is 6.09 Å². The largest absolute Gasteiger partial charge is 0.444 e. The summed E-state index contributed by atoms with van der Waals surface area (Å²) in [5.41, 5.74) is 4.18. The molecule has 0 saturated carbocycles. The number of anilines is 1. The molecule has 0 unspecified atom stereocenters. The van der Waals surface area contributed by atoms with Crippen LogP contribution in [0.2, 0.25) is 0 Å². The van der Waals surface area contributed by atoms with Crippen molar-refractivity contribution in [2.24, 2.45) is 0 Å². The van der Waals surface area contributed by atoms with Gasteiger partial charge in [0.25, 0.3) is 5.91 Å². The van der Waals surface area contributed by atoms with E-state index < -0.39 is 23.4 Å². The van der Waals surface area contributed by atoms with E-state index in [0.29, 0.717) is 0 Å². The number of para-hydroxylation sites is 1. The molecule has 0 saturated heterocycles. The summed E-state index contributed by atoms with van der Waals surface area (Å²) in [7, 11) is 0. The second-order valence-electron chi connectivity index (χ2n) is 5.01. The van der Waals surface area contributed by atoms with Crippen molar-refractivity contribution in [3.8, 4) is 0 Å². The Kier molecular flexibility index (Phi) is 5.31. The first kappa shape index (κ1) is 15.7. The zero-order valence-corrected chi connectivity index (χ0v) is 11.6. The molecule has 0 aliphatic heterocycles. The molecule has 0 radical (unpaired) electrons. The maximum Gasteiger partial charge on any atom is 0.408 e. The van der Waals surface area contributed by atoms with Crippen LogP contribution in [0.1, 0.15) is 20.8 Å². The highest BCUT2D eigenvalue weighted by atomic mass is 19.1. The lowest BCUT2D eigenvalue weighted by Gasteiger charge is -2.19. The monoisotopic (exact) mass is 283 g/mol. The third-order valence-electron chi connectivity index (χ3n) is 2.00. The fourth-order valence-corrected chi connectivity index (χ4v) is 1.21. The quantitative estimate of drug-likeness (QED) is 0.736. The van der Waals surface area contributed by atoms with Gasteiger partial charge in [0, 0.05) is 0 Å². The number of carbonyl (C=O) groups excluding carboxylic acids is 2. The van der Waals surface area contributed by atoms with E-state index in [9.17, 15) is 14.0 Å². The van der Waals surface area contributed by atoms with Crippen LogP contribution in [0.3, 0.4) is 0 Å². The van der Waals surface area contributed by atoms with Gasteiger partial charge in [0.2, 0.25) is 0 Å². The number of halogens is 1. The average Bonchev–Trinajstić information content (AvgIpc) is 2.33. The molecule has 0 atom stereocenters. The molecule has 0 aliphatic carbocycles. The van der Waals surface area contributed by atoms with Crippen LogP contribution in [0.5, 0.6) is 0 Å². The molecule has 0 fully saturated rings. The van der Waals surface area contributed by atoms with Crippen molar-refractivity contribution < 1.29 is 18.7 Å². The zero-order valence-electron chi connectivity index (χ0n) is 11.6. The molecule has 110 valence electrons. The summed E-state index contributed by atoms with van der Waals surface area (Å²) in [5, 5.41) is 2.28. The first-order valence-electron chi connectivity index (χ1n) is 6.04. The van der Waals surface area contributed by atoms with Crippen LogP contribution >= 0.6 is 0 Å². The number of hydrazine groups is 1. The third-order valence-corrected chi connectivity index (χ3v) is 2.00. The van der Waals surface area contributed by atoms with E-state index in [1.807, 2.05) is 0 Å². The van der Waals surface area contributed by atoms with Gasteiger partial charge in [-0.1, -0.05) is 12.1 Å². The molecule has 7 heteroatoms. The van der Waals surface area contributed by atoms with Crippen LogP contribution in [0, 0.1) is 5.82 Å². The van der Waals surface area contributed by atoms with Crippen molar-refractivity contribution in [3.05, 3.63) is 30.1 Å². The zero-order chi connectivity index (χ0) is 15.2. The van der Waals surface area contributed by atoms with E-state index >= 15 is 0 Å². The number of ether oxygens (including phenoxy) is 1. The van der Waals surface area contributed by atoms with Gasteiger partial charge in [-0.15, -0.1) is 0 Å². The minimum atomic E-state index is -0.696. The molecular formula is C13H18FN3O3. The van der Waals surface area contributed by atoms with Crippen LogP contribution in [-0.2, 0) is 9.53 Å². The summed E-state index contributed by atoms with van der Waals surface area (Å²) in [6.07, 6.45) is -0.696. The van der Waals surface area contributed by atoms with Gasteiger partial charge in [0.05, 0.1) is 5.69 Å². The lowest BCUT2D eigenvalue weighted by molar-refractivity contribution is -0.119. The summed E-state index contributed by atoms with van der Waals surface area (Å²) in [6, 6.07) is 5.88. The molecule has 2 amide bonds. The van der Waals surface area contributed by atoms with Crippen molar-refractivity contribution in [2.45, 2.75) is 26.4 Å². The van der Waals surface area contributed by atoms with E-state index in [0.717, 1.165) is 0 Å². The third kappa shape index (κ3) is 6.03. The maximum absolute atomic E-state index is 13.2. The molecule has 0 aromatic heterocycles. The van der Waals surface area contributed by atoms with Crippen molar-refractivity contribution in [2.75, 3.05) is 12.0 Å². The van der Waals surface area contributed by atoms with Crippen molar-refractivity contribution in [1.29, 1.82) is 0 Å². The van der Waals surface area contributed by atoms with Gasteiger partial charge in [-0.25, -0.2) is 9.18 Å². The van der Waals surface area contributed by atoms with Gasteiger partial charge in [0.15, 0.2) is 0 Å². The Balaban J connectivity index is 2.31. The maximum atomic E-state index is 13.2. The molecule has 6 nitrogen and oxygen atoms in total. The highest BCUT2D eigenvalue weighted by Gasteiger charge is 2.16. The fraction of sp³-hybridized carbons (Fsp3) is 0.385. The number of carbonyl (C=O) groups is 2. The molecule has 20 heavy (non-hydrogen) atoms. The Bertz CT molecular complexity index is 486. The topological polar surface area (TPSA) is 79.5 Å². The highest BCUT2D eigenvalue weighted by Crippen LogP contribution is 2.10. The van der Waals surface area contributed by atoms with Gasteiger partial charge in [-0.05, 0) is 32.9 Å². The summed E-state index contributed by atoms with van der Waals surface area (Å²) < 4.78 is 18.2. The number of amides is 2. The number of hydrogen-bond donors (Lipinski definition) is 3. The fourth-order valence-electron chi connectivity index (χ4n) is 1.21. The number of rotatable bonds is 4. The Morgan fingerprint density at radius 2 is 1.90 bits per heavy atom. The minimum Gasteiger partial charge on any atom is -0.444 e. The standard InChI is InChI=1S/C13H18FN3O3/c1-13(2,3)20-12(19)15-8-11(18)17-16-10-7-5-4-6-9(10)14/h4-7,16H,8H2,1-3H3,(H,15,19)(H,17,18). The van der Waals surface area contributed by atoms with Crippen molar-refractivity contribution in [3.63, 3.8) is 0 Å². The Morgan fingerprint density at radius 1 is 1.25 bits per heavy atom. The Labute approximate surface area is 116 Å². The predicted octanol–water partition coefficient (Wildman–Crippen LogP) is 1.79. The second-order valence-corrected chi connectivity index (χ2v) is 5.01. The van der Waals surface area contributed by atoms with Gasteiger partial charge in [-0.3, -0.25) is 15.6 Å². The number of hydrogen-bond acceptors (Lipinski definition) is 4. The lowest BCUT2D eigenvalue weighted by Crippen LogP contribution is -2.41.